The van der Waals surface area contributed by atoms with Gasteiger partial charge in [-0.1, -0.05) is 6.92 Å². The molecule has 0 N–H and O–H groups in total. The van der Waals surface area contributed by atoms with Crippen molar-refractivity contribution >= 4 is 17.7 Å². The van der Waals surface area contributed by atoms with Gasteiger partial charge in [-0.2, -0.15) is 0 Å². The molecular weight excluding hydrogens is 339 g/mol. The first-order chi connectivity index (χ1) is 11.8. The first-order valence-electron chi connectivity index (χ1n) is 8.58. The number of benzene rings is 1. The molecule has 0 saturated carbocycles. The van der Waals surface area contributed by atoms with Crippen LogP contribution in [0.3, 0.4) is 0 Å². The predicted octanol–water partition coefficient (Wildman–Crippen LogP) is 4.71. The van der Waals surface area contributed by atoms with Gasteiger partial charge in [0.2, 0.25) is 0 Å². The number of esters is 2. The van der Waals surface area contributed by atoms with E-state index in [1.165, 1.54) is 0 Å². The molecule has 0 atom stereocenters. The molecule has 0 bridgehead atoms. The molecule has 0 saturated heterocycles. The third-order valence-electron chi connectivity index (χ3n) is 3.44. The molecule has 0 aromatic heterocycles. The maximum absolute atomic E-state index is 14.4. The Balaban J connectivity index is 3.38. The minimum Gasteiger partial charge on any atom is -0.422 e. The first kappa shape index (κ1) is 21.8. The molecule has 0 amide bonds. The van der Waals surface area contributed by atoms with Crippen LogP contribution in [0, 0.1) is 16.6 Å². The number of hydrogen-bond donors (Lipinski definition) is 0. The summed E-state index contributed by atoms with van der Waals surface area (Å²) in [7, 11) is 0. The highest BCUT2D eigenvalue weighted by Gasteiger charge is 2.29. The van der Waals surface area contributed by atoms with Crippen LogP contribution in [0.15, 0.2) is 12.1 Å². The van der Waals surface area contributed by atoms with E-state index < -0.39 is 34.4 Å². The third-order valence-corrected chi connectivity index (χ3v) is 3.44. The van der Waals surface area contributed by atoms with Crippen LogP contribution in [0.5, 0.6) is 11.5 Å². The fraction of sp³-hybridized carbons (Fsp3) is 0.550. The normalized spacial score (nSPS) is 11.8. The Kier molecular flexibility index (Phi) is 6.69. The highest BCUT2D eigenvalue weighted by atomic mass is 19.1. The van der Waals surface area contributed by atoms with Crippen molar-refractivity contribution in [3.05, 3.63) is 23.5 Å². The lowest BCUT2D eigenvalue weighted by Crippen LogP contribution is -2.28. The van der Waals surface area contributed by atoms with E-state index in [4.69, 9.17) is 9.47 Å². The molecule has 26 heavy (non-hydrogen) atoms. The van der Waals surface area contributed by atoms with Gasteiger partial charge in [0.25, 0.3) is 0 Å². The maximum atomic E-state index is 14.4. The van der Waals surface area contributed by atoms with E-state index in [1.807, 2.05) is 0 Å². The van der Waals surface area contributed by atoms with E-state index >= 15 is 0 Å². The van der Waals surface area contributed by atoms with Gasteiger partial charge >= 0.3 is 11.9 Å². The molecule has 144 valence electrons. The van der Waals surface area contributed by atoms with Crippen LogP contribution in [-0.2, 0) is 9.59 Å². The number of carbonyl (C=O) groups excluding carboxylic acids is 3. The van der Waals surface area contributed by atoms with Gasteiger partial charge < -0.3 is 9.47 Å². The standard InChI is InChI=1S/C20H27FO5/c1-8-9-14(22)12-10-15(25-17(23)19(2,3)4)16(11-13(12)21)26-18(24)20(5,6)7/h10-11H,8-9H2,1-7H3. The van der Waals surface area contributed by atoms with Crippen molar-refractivity contribution < 1.29 is 28.2 Å². The molecular formula is C20H27FO5. The second-order valence-electron chi connectivity index (χ2n) is 8.23. The lowest BCUT2D eigenvalue weighted by molar-refractivity contribution is -0.145. The summed E-state index contributed by atoms with van der Waals surface area (Å²) < 4.78 is 24.9. The number of ketones is 1. The number of hydrogen-bond acceptors (Lipinski definition) is 5. The lowest BCUT2D eigenvalue weighted by atomic mass is 9.97. The summed E-state index contributed by atoms with van der Waals surface area (Å²) in [4.78, 5) is 36.5. The first-order valence-corrected chi connectivity index (χ1v) is 8.58. The number of ether oxygens (including phenoxy) is 2. The molecule has 0 radical (unpaired) electrons. The van der Waals surface area contributed by atoms with Crippen molar-refractivity contribution in [2.24, 2.45) is 10.8 Å². The summed E-state index contributed by atoms with van der Waals surface area (Å²) in [6, 6.07) is 2.04. The van der Waals surface area contributed by atoms with E-state index in [2.05, 4.69) is 0 Å². The van der Waals surface area contributed by atoms with Crippen molar-refractivity contribution in [2.75, 3.05) is 0 Å². The summed E-state index contributed by atoms with van der Waals surface area (Å²) >= 11 is 0. The predicted molar refractivity (Wildman–Crippen MR) is 95.8 cm³/mol. The summed E-state index contributed by atoms with van der Waals surface area (Å²) in [6.07, 6.45) is 0.709. The van der Waals surface area contributed by atoms with Gasteiger partial charge in [0.15, 0.2) is 17.3 Å². The van der Waals surface area contributed by atoms with Crippen LogP contribution >= 0.6 is 0 Å². The monoisotopic (exact) mass is 366 g/mol. The Hall–Kier alpha value is -2.24. The second kappa shape index (κ2) is 7.98. The Morgan fingerprint density at radius 2 is 1.31 bits per heavy atom. The van der Waals surface area contributed by atoms with Gasteiger partial charge in [-0.3, -0.25) is 14.4 Å². The summed E-state index contributed by atoms with van der Waals surface area (Å²) in [5.41, 5.74) is -1.86. The number of halogens is 1. The largest absolute Gasteiger partial charge is 0.422 e. The highest BCUT2D eigenvalue weighted by molar-refractivity contribution is 5.97. The van der Waals surface area contributed by atoms with E-state index in [1.54, 1.807) is 48.5 Å². The van der Waals surface area contributed by atoms with Crippen LogP contribution in [0.2, 0.25) is 0 Å². The average Bonchev–Trinajstić information content (AvgIpc) is 2.47. The van der Waals surface area contributed by atoms with Crippen molar-refractivity contribution in [2.45, 2.75) is 61.3 Å². The Labute approximate surface area is 153 Å². The molecule has 0 aliphatic carbocycles. The lowest BCUT2D eigenvalue weighted by Gasteiger charge is -2.21. The highest BCUT2D eigenvalue weighted by Crippen LogP contribution is 2.34. The van der Waals surface area contributed by atoms with Crippen molar-refractivity contribution in [3.63, 3.8) is 0 Å². The third kappa shape index (κ3) is 5.64. The van der Waals surface area contributed by atoms with Crippen molar-refractivity contribution in [1.29, 1.82) is 0 Å². The minimum atomic E-state index is -0.835. The quantitative estimate of drug-likeness (QED) is 0.429. The van der Waals surface area contributed by atoms with Crippen LogP contribution in [0.1, 0.15) is 71.7 Å². The summed E-state index contributed by atoms with van der Waals surface area (Å²) in [5.74, 6) is -2.82. The molecule has 0 aliphatic rings. The molecule has 6 heteroatoms. The van der Waals surface area contributed by atoms with Crippen LogP contribution in [0.4, 0.5) is 4.39 Å². The van der Waals surface area contributed by atoms with E-state index in [0.29, 0.717) is 6.42 Å². The molecule has 0 fully saturated rings. The fourth-order valence-corrected chi connectivity index (χ4v) is 1.78. The van der Waals surface area contributed by atoms with E-state index in [-0.39, 0.29) is 23.5 Å². The molecule has 0 heterocycles. The van der Waals surface area contributed by atoms with Gasteiger partial charge in [-0.05, 0) is 54.0 Å². The smallest absolute Gasteiger partial charge is 0.316 e. The molecule has 1 aromatic rings. The van der Waals surface area contributed by atoms with Crippen LogP contribution in [0.25, 0.3) is 0 Å². The van der Waals surface area contributed by atoms with Gasteiger partial charge in [0.05, 0.1) is 16.4 Å². The van der Waals surface area contributed by atoms with E-state index in [9.17, 15) is 18.8 Å². The zero-order valence-corrected chi connectivity index (χ0v) is 16.5. The fourth-order valence-electron chi connectivity index (χ4n) is 1.78. The Morgan fingerprint density at radius 3 is 1.69 bits per heavy atom. The minimum absolute atomic E-state index is 0.150. The Bertz CT molecular complexity index is 708. The Morgan fingerprint density at radius 1 is 0.885 bits per heavy atom. The zero-order chi connectivity index (χ0) is 20.3. The van der Waals surface area contributed by atoms with Crippen LogP contribution in [-0.4, -0.2) is 17.7 Å². The number of rotatable bonds is 5. The maximum Gasteiger partial charge on any atom is 0.316 e. The van der Waals surface area contributed by atoms with Crippen LogP contribution < -0.4 is 9.47 Å². The van der Waals surface area contributed by atoms with Gasteiger partial charge in [0.1, 0.15) is 5.82 Å². The second-order valence-corrected chi connectivity index (χ2v) is 8.23. The van der Waals surface area contributed by atoms with Gasteiger partial charge in [-0.25, -0.2) is 4.39 Å². The summed E-state index contributed by atoms with van der Waals surface area (Å²) in [6.45, 7) is 11.7. The molecule has 0 unspecified atom stereocenters. The van der Waals surface area contributed by atoms with Crippen molar-refractivity contribution in [1.82, 2.24) is 0 Å². The number of Topliss-reactive ketones (excluding diaryl/α,β-unsaturated/α-hetero) is 1. The molecule has 5 nitrogen and oxygen atoms in total. The van der Waals surface area contributed by atoms with Gasteiger partial charge in [0, 0.05) is 12.5 Å². The van der Waals surface area contributed by atoms with Crippen molar-refractivity contribution in [3.8, 4) is 11.5 Å². The molecule has 1 rings (SSSR count). The molecule has 1 aromatic carbocycles. The summed E-state index contributed by atoms with van der Waals surface area (Å²) in [5, 5.41) is 0. The zero-order valence-electron chi connectivity index (χ0n) is 16.5. The topological polar surface area (TPSA) is 69.7 Å². The van der Waals surface area contributed by atoms with Gasteiger partial charge in [-0.15, -0.1) is 0 Å². The molecule has 0 spiro atoms. The molecule has 0 aliphatic heterocycles. The van der Waals surface area contributed by atoms with E-state index in [0.717, 1.165) is 12.1 Å². The average molecular weight is 366 g/mol. The number of carbonyl (C=O) groups is 3. The SMILES string of the molecule is CCCC(=O)c1cc(OC(=O)C(C)(C)C)c(OC(=O)C(C)(C)C)cc1F.